The molecule has 0 atom stereocenters. The molecule has 0 rings (SSSR count). The standard InChI is InChI=1S/C6H3F9O3/c7-4(8,9)3(5(10,11)12,6(13,14)15)1-18-2(16)17/h1H2,(H,16,17)/p-1. The van der Waals surface area contributed by atoms with Gasteiger partial charge in [-0.3, -0.25) is 0 Å². The summed E-state index contributed by atoms with van der Waals surface area (Å²) in [4.78, 5) is 9.59. The van der Waals surface area contributed by atoms with E-state index in [1.54, 1.807) is 0 Å². The van der Waals surface area contributed by atoms with Crippen molar-refractivity contribution in [3.8, 4) is 0 Å². The monoisotopic (exact) mass is 293 g/mol. The number of carbonyl (C=O) groups is 1. The Hall–Kier alpha value is -1.36. The lowest BCUT2D eigenvalue weighted by atomic mass is 9.86. The van der Waals surface area contributed by atoms with Gasteiger partial charge in [0.1, 0.15) is 0 Å². The number of alkyl halides is 9. The second kappa shape index (κ2) is 4.39. The van der Waals surface area contributed by atoms with Gasteiger partial charge in [0, 0.05) is 0 Å². The zero-order valence-electron chi connectivity index (χ0n) is 7.83. The van der Waals surface area contributed by atoms with E-state index < -0.39 is 36.7 Å². The summed E-state index contributed by atoms with van der Waals surface area (Å²) in [5.41, 5.74) is -6.30. The first kappa shape index (κ1) is 16.6. The lowest BCUT2D eigenvalue weighted by molar-refractivity contribution is -0.435. The Kier molecular flexibility index (Phi) is 4.06. The minimum Gasteiger partial charge on any atom is -0.548 e. The summed E-state index contributed by atoms with van der Waals surface area (Å²) in [6, 6.07) is 0. The summed E-state index contributed by atoms with van der Waals surface area (Å²) in [6.07, 6.45) is -23.5. The molecule has 0 unspecified atom stereocenters. The molecule has 0 aliphatic heterocycles. The van der Waals surface area contributed by atoms with Gasteiger partial charge in [0.05, 0.1) is 6.61 Å². The molecule has 0 spiro atoms. The maximum atomic E-state index is 12.1. The van der Waals surface area contributed by atoms with E-state index in [4.69, 9.17) is 0 Å². The average molecular weight is 293 g/mol. The molecule has 0 heterocycles. The first-order chi connectivity index (χ1) is 7.67. The predicted octanol–water partition coefficient (Wildman–Crippen LogP) is 2.02. The molecule has 12 heteroatoms. The number of rotatable bonds is 2. The Morgan fingerprint density at radius 3 is 1.28 bits per heavy atom. The van der Waals surface area contributed by atoms with Gasteiger partial charge in [-0.25, -0.2) is 0 Å². The van der Waals surface area contributed by atoms with Gasteiger partial charge in [-0.15, -0.1) is 0 Å². The Labute approximate surface area is 92.1 Å². The maximum absolute atomic E-state index is 12.1. The van der Waals surface area contributed by atoms with E-state index in [0.717, 1.165) is 0 Å². The lowest BCUT2D eigenvalue weighted by Crippen LogP contribution is -2.62. The fourth-order valence-corrected chi connectivity index (χ4v) is 0.895. The van der Waals surface area contributed by atoms with Crippen LogP contribution in [-0.2, 0) is 4.74 Å². The van der Waals surface area contributed by atoms with Crippen molar-refractivity contribution in [2.45, 2.75) is 18.5 Å². The largest absolute Gasteiger partial charge is 0.548 e. The van der Waals surface area contributed by atoms with E-state index in [2.05, 4.69) is 4.74 Å². The molecule has 0 aromatic rings. The van der Waals surface area contributed by atoms with E-state index in [-0.39, 0.29) is 0 Å². The van der Waals surface area contributed by atoms with Crippen molar-refractivity contribution in [3.63, 3.8) is 0 Å². The molecule has 0 radical (unpaired) electrons. The zero-order chi connectivity index (χ0) is 15.0. The second-order valence-corrected chi connectivity index (χ2v) is 2.94. The van der Waals surface area contributed by atoms with Crippen molar-refractivity contribution in [3.05, 3.63) is 0 Å². The molecule has 0 saturated carbocycles. The number of ether oxygens (including phenoxy) is 1. The van der Waals surface area contributed by atoms with Crippen LogP contribution in [0.2, 0.25) is 0 Å². The number of hydrogen-bond acceptors (Lipinski definition) is 3. The lowest BCUT2D eigenvalue weighted by Gasteiger charge is -2.39. The van der Waals surface area contributed by atoms with Gasteiger partial charge in [0.25, 0.3) is 11.6 Å². The average Bonchev–Trinajstić information content (AvgIpc) is 1.94. The Morgan fingerprint density at radius 2 is 1.11 bits per heavy atom. The van der Waals surface area contributed by atoms with Gasteiger partial charge in [-0.2, -0.15) is 39.5 Å². The Bertz CT molecular complexity index is 276. The van der Waals surface area contributed by atoms with E-state index >= 15 is 0 Å². The molecule has 0 amide bonds. The van der Waals surface area contributed by atoms with E-state index in [1.807, 2.05) is 0 Å². The molecule has 0 N–H and O–H groups in total. The maximum Gasteiger partial charge on any atom is 0.413 e. The van der Waals surface area contributed by atoms with Gasteiger partial charge < -0.3 is 14.6 Å². The van der Waals surface area contributed by atoms with Gasteiger partial charge in [-0.1, -0.05) is 0 Å². The van der Waals surface area contributed by atoms with E-state index in [0.29, 0.717) is 0 Å². The zero-order valence-corrected chi connectivity index (χ0v) is 7.83. The van der Waals surface area contributed by atoms with Crippen LogP contribution in [0.25, 0.3) is 0 Å². The fourth-order valence-electron chi connectivity index (χ4n) is 0.895. The third-order valence-corrected chi connectivity index (χ3v) is 1.86. The summed E-state index contributed by atoms with van der Waals surface area (Å²) < 4.78 is 111. The normalized spacial score (nSPS) is 14.5. The molecule has 0 aromatic carbocycles. The van der Waals surface area contributed by atoms with Gasteiger partial charge in [0.2, 0.25) is 0 Å². The minimum absolute atomic E-state index is 2.73. The molecule has 0 saturated heterocycles. The molecule has 3 nitrogen and oxygen atoms in total. The van der Waals surface area contributed by atoms with Gasteiger partial charge >= 0.3 is 18.5 Å². The van der Waals surface area contributed by atoms with Crippen molar-refractivity contribution >= 4 is 6.16 Å². The molecule has 0 aliphatic rings. The highest BCUT2D eigenvalue weighted by Crippen LogP contribution is 2.59. The highest BCUT2D eigenvalue weighted by molar-refractivity contribution is 5.54. The quantitative estimate of drug-likeness (QED) is 0.578. The molecule has 0 bridgehead atoms. The van der Waals surface area contributed by atoms with Crippen molar-refractivity contribution in [1.29, 1.82) is 0 Å². The predicted molar refractivity (Wildman–Crippen MR) is 31.9 cm³/mol. The van der Waals surface area contributed by atoms with Crippen LogP contribution in [0.4, 0.5) is 44.3 Å². The summed E-state index contributed by atoms with van der Waals surface area (Å²) in [7, 11) is 0. The molecular weight excluding hydrogens is 291 g/mol. The van der Waals surface area contributed by atoms with Crippen molar-refractivity contribution in [1.82, 2.24) is 0 Å². The van der Waals surface area contributed by atoms with E-state index in [9.17, 15) is 49.4 Å². The van der Waals surface area contributed by atoms with Crippen LogP contribution in [-0.4, -0.2) is 31.3 Å². The number of halogens is 9. The van der Waals surface area contributed by atoms with Gasteiger partial charge in [0.15, 0.2) is 0 Å². The molecule has 18 heavy (non-hydrogen) atoms. The number of hydrogen-bond donors (Lipinski definition) is 0. The molecule has 108 valence electrons. The van der Waals surface area contributed by atoms with Crippen molar-refractivity contribution in [2.24, 2.45) is 5.41 Å². The van der Waals surface area contributed by atoms with Crippen molar-refractivity contribution < 1.29 is 54.2 Å². The topological polar surface area (TPSA) is 49.4 Å². The highest BCUT2D eigenvalue weighted by Gasteiger charge is 2.83. The minimum atomic E-state index is -6.85. The van der Waals surface area contributed by atoms with Crippen molar-refractivity contribution in [2.75, 3.05) is 6.61 Å². The third kappa shape index (κ3) is 2.72. The van der Waals surface area contributed by atoms with Crippen LogP contribution in [0, 0.1) is 5.41 Å². The first-order valence-corrected chi connectivity index (χ1v) is 3.71. The van der Waals surface area contributed by atoms with Crippen LogP contribution in [0.5, 0.6) is 0 Å². The summed E-state index contributed by atoms with van der Waals surface area (Å²) in [6.45, 7) is -3.22. The smallest absolute Gasteiger partial charge is 0.413 e. The van der Waals surface area contributed by atoms with Crippen LogP contribution in [0.1, 0.15) is 0 Å². The first-order valence-electron chi connectivity index (χ1n) is 3.71. The number of carboxylic acid groups (broad SMARTS) is 1. The Morgan fingerprint density at radius 1 is 0.833 bits per heavy atom. The van der Waals surface area contributed by atoms with Gasteiger partial charge in [-0.05, 0) is 0 Å². The third-order valence-electron chi connectivity index (χ3n) is 1.86. The summed E-state index contributed by atoms with van der Waals surface area (Å²) >= 11 is 0. The SMILES string of the molecule is O=C([O-])OCC(C(F)(F)F)(C(F)(F)F)C(F)(F)F. The second-order valence-electron chi connectivity index (χ2n) is 2.94. The van der Waals surface area contributed by atoms with Crippen LogP contribution >= 0.6 is 0 Å². The Balaban J connectivity index is 5.83. The highest BCUT2D eigenvalue weighted by atomic mass is 19.4. The van der Waals surface area contributed by atoms with Crippen LogP contribution < -0.4 is 5.11 Å². The van der Waals surface area contributed by atoms with Crippen LogP contribution in [0.3, 0.4) is 0 Å². The fraction of sp³-hybridized carbons (Fsp3) is 0.833. The molecule has 0 fully saturated rings. The summed E-state index contributed by atoms with van der Waals surface area (Å²) in [5.74, 6) is 0. The number of carbonyl (C=O) groups excluding carboxylic acids is 1. The van der Waals surface area contributed by atoms with E-state index in [1.165, 1.54) is 0 Å². The van der Waals surface area contributed by atoms with Crippen LogP contribution in [0.15, 0.2) is 0 Å². The molecule has 0 aromatic heterocycles. The molecule has 0 aliphatic carbocycles. The molecular formula is C6H2F9O3-. The summed E-state index contributed by atoms with van der Waals surface area (Å²) in [5, 5.41) is 9.59.